The molecule has 0 bridgehead atoms. The van der Waals surface area contributed by atoms with Gasteiger partial charge in [-0.1, -0.05) is 0 Å². The van der Waals surface area contributed by atoms with Crippen molar-refractivity contribution < 1.29 is 22.4 Å². The highest BCUT2D eigenvalue weighted by Gasteiger charge is 2.31. The standard InChI is InChI=1S/C23H17F4N3O2/c1-30(23(32)19-6-10-5-13(24)16(27)9-18(10)28-19)20-4-2-3-17-21(20)11-7-14(25)15(26)8-12(11)22(31)29-17/h5-9,20,28H,2-4H2,1H3,(H,29,31). The number of nitrogens with zero attached hydrogens (tertiary/aromatic N) is 1. The Morgan fingerprint density at radius 1 is 0.938 bits per heavy atom. The Morgan fingerprint density at radius 2 is 1.59 bits per heavy atom. The van der Waals surface area contributed by atoms with Crippen LogP contribution in [0.1, 0.15) is 40.6 Å². The van der Waals surface area contributed by atoms with Gasteiger partial charge in [0.2, 0.25) is 0 Å². The maximum absolute atomic E-state index is 14.1. The van der Waals surface area contributed by atoms with Crippen LogP contribution in [0.15, 0.2) is 35.1 Å². The summed E-state index contributed by atoms with van der Waals surface area (Å²) >= 11 is 0. The van der Waals surface area contributed by atoms with Crippen molar-refractivity contribution in [1.29, 1.82) is 0 Å². The van der Waals surface area contributed by atoms with E-state index >= 15 is 0 Å². The topological polar surface area (TPSA) is 69.0 Å². The fraction of sp³-hybridized carbons (Fsp3) is 0.217. The summed E-state index contributed by atoms with van der Waals surface area (Å²) in [7, 11) is 1.56. The number of hydrogen-bond donors (Lipinski definition) is 2. The largest absolute Gasteiger partial charge is 0.350 e. The van der Waals surface area contributed by atoms with E-state index in [4.69, 9.17) is 0 Å². The van der Waals surface area contributed by atoms with E-state index in [2.05, 4.69) is 9.97 Å². The predicted octanol–water partition coefficient (Wildman–Crippen LogP) is 4.72. The number of benzene rings is 2. The summed E-state index contributed by atoms with van der Waals surface area (Å²) in [6, 6.07) is 4.74. The minimum Gasteiger partial charge on any atom is -0.350 e. The van der Waals surface area contributed by atoms with Crippen LogP contribution < -0.4 is 5.56 Å². The minimum absolute atomic E-state index is 0.00645. The Balaban J connectivity index is 1.61. The van der Waals surface area contributed by atoms with E-state index in [9.17, 15) is 27.2 Å². The van der Waals surface area contributed by atoms with Crippen LogP contribution in [-0.4, -0.2) is 27.8 Å². The molecule has 1 atom stereocenters. The van der Waals surface area contributed by atoms with Crippen LogP contribution in [0.5, 0.6) is 0 Å². The Labute approximate surface area is 178 Å². The summed E-state index contributed by atoms with van der Waals surface area (Å²) in [5, 5.41) is 0.608. The van der Waals surface area contributed by atoms with Gasteiger partial charge in [-0.3, -0.25) is 9.59 Å². The molecule has 2 aromatic carbocycles. The second kappa shape index (κ2) is 7.22. The van der Waals surface area contributed by atoms with Gasteiger partial charge in [-0.15, -0.1) is 0 Å². The van der Waals surface area contributed by atoms with Gasteiger partial charge in [0.15, 0.2) is 23.3 Å². The van der Waals surface area contributed by atoms with Gasteiger partial charge in [-0.25, -0.2) is 17.6 Å². The number of rotatable bonds is 2. The molecule has 1 amide bonds. The van der Waals surface area contributed by atoms with E-state index in [1.807, 2.05) is 0 Å². The average Bonchev–Trinajstić information content (AvgIpc) is 3.16. The molecule has 1 aliphatic carbocycles. The molecular weight excluding hydrogens is 426 g/mol. The van der Waals surface area contributed by atoms with Crippen LogP contribution in [-0.2, 0) is 6.42 Å². The Bertz CT molecular complexity index is 1440. The van der Waals surface area contributed by atoms with Crippen molar-refractivity contribution in [3.8, 4) is 0 Å². The van der Waals surface area contributed by atoms with Crippen molar-refractivity contribution in [3.05, 3.63) is 80.9 Å². The molecule has 4 aromatic rings. The van der Waals surface area contributed by atoms with Crippen molar-refractivity contribution in [2.24, 2.45) is 0 Å². The van der Waals surface area contributed by atoms with E-state index < -0.39 is 40.8 Å². The van der Waals surface area contributed by atoms with Gasteiger partial charge in [0.1, 0.15) is 5.69 Å². The molecule has 2 heterocycles. The highest BCUT2D eigenvalue weighted by Crippen LogP contribution is 2.37. The number of aromatic amines is 2. The number of fused-ring (bicyclic) bond motifs is 4. The fourth-order valence-corrected chi connectivity index (χ4v) is 4.55. The third-order valence-electron chi connectivity index (χ3n) is 6.10. The molecule has 0 spiro atoms. The zero-order valence-corrected chi connectivity index (χ0v) is 16.9. The summed E-state index contributed by atoms with van der Waals surface area (Å²) in [5.74, 6) is -4.70. The van der Waals surface area contributed by atoms with Gasteiger partial charge in [-0.2, -0.15) is 0 Å². The predicted molar refractivity (Wildman–Crippen MR) is 110 cm³/mol. The van der Waals surface area contributed by atoms with Crippen LogP contribution in [0, 0.1) is 23.3 Å². The third kappa shape index (κ3) is 3.07. The first kappa shape index (κ1) is 20.3. The number of pyridine rings is 1. The number of halogens is 4. The molecule has 1 unspecified atom stereocenters. The van der Waals surface area contributed by atoms with Crippen LogP contribution >= 0.6 is 0 Å². The van der Waals surface area contributed by atoms with Crippen LogP contribution in [0.2, 0.25) is 0 Å². The Morgan fingerprint density at radius 3 is 2.34 bits per heavy atom. The van der Waals surface area contributed by atoms with E-state index in [0.29, 0.717) is 35.9 Å². The number of H-pyrrole nitrogens is 2. The number of aryl methyl sites for hydroxylation is 1. The SMILES string of the molecule is CN(C(=O)c1cc2cc(F)c(F)cc2[nH]1)C1CCCc2[nH]c(=O)c3cc(F)c(F)cc3c21. The van der Waals surface area contributed by atoms with E-state index in [0.717, 1.165) is 24.3 Å². The van der Waals surface area contributed by atoms with E-state index in [1.54, 1.807) is 7.05 Å². The molecule has 0 fully saturated rings. The number of carbonyl (C=O) groups is 1. The minimum atomic E-state index is -1.13. The number of carbonyl (C=O) groups excluding carboxylic acids is 1. The smallest absolute Gasteiger partial charge is 0.270 e. The lowest BCUT2D eigenvalue weighted by Gasteiger charge is -2.33. The lowest BCUT2D eigenvalue weighted by atomic mass is 9.86. The molecule has 0 aliphatic heterocycles. The first-order valence-corrected chi connectivity index (χ1v) is 10.0. The molecule has 1 aliphatic rings. The first-order chi connectivity index (χ1) is 15.2. The van der Waals surface area contributed by atoms with Crippen LogP contribution in [0.25, 0.3) is 21.7 Å². The van der Waals surface area contributed by atoms with Gasteiger partial charge in [0.05, 0.1) is 11.4 Å². The molecule has 0 saturated heterocycles. The van der Waals surface area contributed by atoms with Crippen LogP contribution in [0.3, 0.4) is 0 Å². The monoisotopic (exact) mass is 443 g/mol. The summed E-state index contributed by atoms with van der Waals surface area (Å²) in [6.45, 7) is 0. The average molecular weight is 443 g/mol. The maximum Gasteiger partial charge on any atom is 0.270 e. The molecule has 5 nitrogen and oxygen atoms in total. The van der Waals surface area contributed by atoms with E-state index in [1.165, 1.54) is 11.0 Å². The zero-order valence-electron chi connectivity index (χ0n) is 16.9. The van der Waals surface area contributed by atoms with Gasteiger partial charge >= 0.3 is 0 Å². The third-order valence-corrected chi connectivity index (χ3v) is 6.10. The van der Waals surface area contributed by atoms with Gasteiger partial charge in [0, 0.05) is 35.3 Å². The molecular formula is C23H17F4N3O2. The second-order valence-corrected chi connectivity index (χ2v) is 8.02. The summed E-state index contributed by atoms with van der Waals surface area (Å²) < 4.78 is 54.9. The van der Waals surface area contributed by atoms with Crippen molar-refractivity contribution in [2.75, 3.05) is 7.05 Å². The van der Waals surface area contributed by atoms with Gasteiger partial charge in [-0.05, 0) is 48.9 Å². The van der Waals surface area contributed by atoms with E-state index in [-0.39, 0.29) is 22.0 Å². The Kier molecular flexibility index (Phi) is 4.58. The molecule has 0 radical (unpaired) electrons. The van der Waals surface area contributed by atoms with Crippen molar-refractivity contribution in [1.82, 2.24) is 14.9 Å². The highest BCUT2D eigenvalue weighted by molar-refractivity contribution is 5.98. The Hall–Kier alpha value is -3.62. The molecule has 164 valence electrons. The summed E-state index contributed by atoms with van der Waals surface area (Å²) in [4.78, 5) is 32.6. The lowest BCUT2D eigenvalue weighted by Crippen LogP contribution is -2.34. The molecule has 9 heteroatoms. The van der Waals surface area contributed by atoms with Crippen molar-refractivity contribution in [2.45, 2.75) is 25.3 Å². The van der Waals surface area contributed by atoms with Gasteiger partial charge < -0.3 is 14.9 Å². The molecule has 32 heavy (non-hydrogen) atoms. The van der Waals surface area contributed by atoms with Crippen LogP contribution in [0.4, 0.5) is 17.6 Å². The number of nitrogens with one attached hydrogen (secondary N) is 2. The first-order valence-electron chi connectivity index (χ1n) is 10.0. The molecule has 0 saturated carbocycles. The fourth-order valence-electron chi connectivity index (χ4n) is 4.55. The quantitative estimate of drug-likeness (QED) is 0.441. The molecule has 2 N–H and O–H groups in total. The second-order valence-electron chi connectivity index (χ2n) is 8.02. The maximum atomic E-state index is 14.1. The summed E-state index contributed by atoms with van der Waals surface area (Å²) in [5.41, 5.74) is 1.02. The number of amides is 1. The zero-order chi connectivity index (χ0) is 22.7. The highest BCUT2D eigenvalue weighted by atomic mass is 19.2. The summed E-state index contributed by atoms with van der Waals surface area (Å²) in [6.07, 6.45) is 1.74. The number of hydrogen-bond acceptors (Lipinski definition) is 2. The lowest BCUT2D eigenvalue weighted by molar-refractivity contribution is 0.0710. The number of aromatic nitrogens is 2. The molecule has 2 aromatic heterocycles. The normalized spacial score (nSPS) is 15.8. The molecule has 5 rings (SSSR count). The van der Waals surface area contributed by atoms with Gasteiger partial charge in [0.25, 0.3) is 11.5 Å². The van der Waals surface area contributed by atoms with Crippen molar-refractivity contribution >= 4 is 27.6 Å². The van der Waals surface area contributed by atoms with Crippen molar-refractivity contribution in [3.63, 3.8) is 0 Å².